The molecule has 2 aromatic carbocycles. The maximum atomic E-state index is 13.4. The number of benzene rings is 2. The minimum absolute atomic E-state index is 0.00510. The molecule has 0 spiro atoms. The molecule has 0 radical (unpaired) electrons. The number of ether oxygens (including phenoxy) is 1. The van der Waals surface area contributed by atoms with Gasteiger partial charge in [-0.3, -0.25) is 10.1 Å². The molecule has 4 rings (SSSR count). The zero-order valence-electron chi connectivity index (χ0n) is 17.9. The molecular weight excluding hydrogens is 446 g/mol. The lowest BCUT2D eigenvalue weighted by Gasteiger charge is -2.32. The molecule has 3 aromatic rings. The number of rotatable bonds is 6. The van der Waals surface area contributed by atoms with Crippen LogP contribution >= 0.6 is 11.3 Å². The van der Waals surface area contributed by atoms with Gasteiger partial charge in [0.1, 0.15) is 10.6 Å². The molecule has 0 aliphatic carbocycles. The van der Waals surface area contributed by atoms with E-state index in [1.807, 2.05) is 42.6 Å². The molecule has 0 bridgehead atoms. The summed E-state index contributed by atoms with van der Waals surface area (Å²) in [5, 5.41) is 5.08. The van der Waals surface area contributed by atoms with Gasteiger partial charge in [-0.15, -0.1) is 11.3 Å². The number of piperidine rings is 1. The number of hydrogen-bond donors (Lipinski definition) is 1. The van der Waals surface area contributed by atoms with Crippen molar-refractivity contribution >= 4 is 32.4 Å². The maximum absolute atomic E-state index is 13.4. The standard InChI is InChI=1S/C23H25N3O4S2/c1-16-8-6-7-13-26(16)32(28,29)21-14-18(11-12-20(21)30-2)22(27)25-23-24-19(15-31-23)17-9-4-3-5-10-17/h3-5,9-12,14-16H,6-8,13H2,1-2H3,(H,24,25,27). The van der Waals surface area contributed by atoms with Gasteiger partial charge in [0.2, 0.25) is 10.0 Å². The molecule has 1 N–H and O–H groups in total. The average molecular weight is 472 g/mol. The third-order valence-corrected chi connectivity index (χ3v) is 8.34. The Kier molecular flexibility index (Phi) is 6.59. The second kappa shape index (κ2) is 9.40. The van der Waals surface area contributed by atoms with Crippen LogP contribution in [0.15, 0.2) is 58.8 Å². The molecule has 32 heavy (non-hydrogen) atoms. The van der Waals surface area contributed by atoms with E-state index in [0.717, 1.165) is 30.5 Å². The van der Waals surface area contributed by atoms with Gasteiger partial charge in [0.15, 0.2) is 5.13 Å². The summed E-state index contributed by atoms with van der Waals surface area (Å²) >= 11 is 1.31. The van der Waals surface area contributed by atoms with Gasteiger partial charge in [0.05, 0.1) is 12.8 Å². The Labute approximate surface area is 192 Å². The van der Waals surface area contributed by atoms with Crippen LogP contribution < -0.4 is 10.1 Å². The number of sulfonamides is 1. The van der Waals surface area contributed by atoms with Crippen molar-refractivity contribution in [3.8, 4) is 17.0 Å². The molecule has 1 unspecified atom stereocenters. The largest absolute Gasteiger partial charge is 0.495 e. The smallest absolute Gasteiger partial charge is 0.257 e. The van der Waals surface area contributed by atoms with Crippen LogP contribution in [0.5, 0.6) is 5.75 Å². The molecule has 1 aliphatic rings. The van der Waals surface area contributed by atoms with E-state index in [0.29, 0.717) is 11.7 Å². The van der Waals surface area contributed by atoms with Crippen molar-refractivity contribution in [2.45, 2.75) is 37.1 Å². The van der Waals surface area contributed by atoms with Crippen LogP contribution in [-0.4, -0.2) is 43.3 Å². The first-order valence-corrected chi connectivity index (χ1v) is 12.7. The lowest BCUT2D eigenvalue weighted by Crippen LogP contribution is -2.42. The van der Waals surface area contributed by atoms with Crippen LogP contribution in [0.1, 0.15) is 36.5 Å². The van der Waals surface area contributed by atoms with E-state index in [-0.39, 0.29) is 22.3 Å². The lowest BCUT2D eigenvalue weighted by atomic mass is 10.1. The average Bonchev–Trinajstić information content (AvgIpc) is 3.28. The summed E-state index contributed by atoms with van der Waals surface area (Å²) in [5.74, 6) is -0.204. The van der Waals surface area contributed by atoms with Crippen molar-refractivity contribution in [2.24, 2.45) is 0 Å². The Morgan fingerprint density at radius 2 is 1.97 bits per heavy atom. The second-order valence-corrected chi connectivity index (χ2v) is 10.4. The monoisotopic (exact) mass is 471 g/mol. The Morgan fingerprint density at radius 3 is 2.69 bits per heavy atom. The van der Waals surface area contributed by atoms with E-state index >= 15 is 0 Å². The van der Waals surface area contributed by atoms with Crippen LogP contribution in [0.2, 0.25) is 0 Å². The quantitative estimate of drug-likeness (QED) is 0.566. The molecule has 1 fully saturated rings. The molecule has 1 atom stereocenters. The third kappa shape index (κ3) is 4.55. The number of nitrogens with zero attached hydrogens (tertiary/aromatic N) is 2. The minimum atomic E-state index is -3.80. The predicted molar refractivity (Wildman–Crippen MR) is 126 cm³/mol. The highest BCUT2D eigenvalue weighted by Gasteiger charge is 2.33. The summed E-state index contributed by atoms with van der Waals surface area (Å²) in [4.78, 5) is 17.4. The number of methoxy groups -OCH3 is 1. The summed E-state index contributed by atoms with van der Waals surface area (Å²) in [6.45, 7) is 2.37. The number of aromatic nitrogens is 1. The van der Waals surface area contributed by atoms with Crippen LogP contribution in [-0.2, 0) is 10.0 Å². The molecule has 1 aliphatic heterocycles. The zero-order chi connectivity index (χ0) is 22.7. The van der Waals surface area contributed by atoms with Crippen LogP contribution in [0, 0.1) is 0 Å². The van der Waals surface area contributed by atoms with Crippen LogP contribution in [0.25, 0.3) is 11.3 Å². The summed E-state index contributed by atoms with van der Waals surface area (Å²) in [6, 6.07) is 14.0. The first kappa shape index (κ1) is 22.4. The van der Waals surface area contributed by atoms with E-state index in [2.05, 4.69) is 10.3 Å². The lowest BCUT2D eigenvalue weighted by molar-refractivity contribution is 0.102. The number of anilines is 1. The summed E-state index contributed by atoms with van der Waals surface area (Å²) in [6.07, 6.45) is 2.64. The minimum Gasteiger partial charge on any atom is -0.495 e. The van der Waals surface area contributed by atoms with Gasteiger partial charge < -0.3 is 4.74 Å². The highest BCUT2D eigenvalue weighted by molar-refractivity contribution is 7.89. The van der Waals surface area contributed by atoms with Crippen molar-refractivity contribution in [3.05, 3.63) is 59.5 Å². The number of carbonyl (C=O) groups is 1. The van der Waals surface area contributed by atoms with Crippen molar-refractivity contribution in [1.82, 2.24) is 9.29 Å². The van der Waals surface area contributed by atoms with Crippen LogP contribution in [0.4, 0.5) is 5.13 Å². The zero-order valence-corrected chi connectivity index (χ0v) is 19.6. The Bertz CT molecular complexity index is 1210. The number of amides is 1. The highest BCUT2D eigenvalue weighted by Crippen LogP contribution is 2.32. The Balaban J connectivity index is 1.59. The van der Waals surface area contributed by atoms with E-state index in [9.17, 15) is 13.2 Å². The van der Waals surface area contributed by atoms with Gasteiger partial charge >= 0.3 is 0 Å². The fraction of sp³-hybridized carbons (Fsp3) is 0.304. The second-order valence-electron chi connectivity index (χ2n) is 7.68. The highest BCUT2D eigenvalue weighted by atomic mass is 32.2. The molecule has 0 saturated carbocycles. The fourth-order valence-electron chi connectivity index (χ4n) is 3.82. The first-order valence-electron chi connectivity index (χ1n) is 10.4. The van der Waals surface area contributed by atoms with Gasteiger partial charge in [-0.25, -0.2) is 13.4 Å². The Morgan fingerprint density at radius 1 is 1.19 bits per heavy atom. The first-order chi connectivity index (χ1) is 15.4. The van der Waals surface area contributed by atoms with Crippen molar-refractivity contribution in [2.75, 3.05) is 19.0 Å². The Hall–Kier alpha value is -2.75. The molecule has 2 heterocycles. The van der Waals surface area contributed by atoms with Gasteiger partial charge in [0, 0.05) is 29.1 Å². The number of hydrogen-bond acceptors (Lipinski definition) is 6. The fourth-order valence-corrected chi connectivity index (χ4v) is 6.41. The van der Waals surface area contributed by atoms with Crippen molar-refractivity contribution in [3.63, 3.8) is 0 Å². The summed E-state index contributed by atoms with van der Waals surface area (Å²) < 4.78 is 33.6. The van der Waals surface area contributed by atoms with E-state index in [1.54, 1.807) is 6.07 Å². The number of thiazole rings is 1. The number of carbonyl (C=O) groups excluding carboxylic acids is 1. The number of nitrogens with one attached hydrogen (secondary N) is 1. The van der Waals surface area contributed by atoms with E-state index in [4.69, 9.17) is 4.74 Å². The molecule has 168 valence electrons. The normalized spacial score (nSPS) is 17.1. The van der Waals surface area contributed by atoms with E-state index in [1.165, 1.54) is 34.9 Å². The molecule has 1 saturated heterocycles. The van der Waals surface area contributed by atoms with Crippen molar-refractivity contribution < 1.29 is 17.9 Å². The van der Waals surface area contributed by atoms with E-state index < -0.39 is 15.9 Å². The molecule has 1 amide bonds. The predicted octanol–water partition coefficient (Wildman–Crippen LogP) is 4.63. The van der Waals surface area contributed by atoms with Crippen molar-refractivity contribution in [1.29, 1.82) is 0 Å². The summed E-state index contributed by atoms with van der Waals surface area (Å²) in [7, 11) is -2.37. The molecular formula is C23H25N3O4S2. The van der Waals surface area contributed by atoms with Crippen LogP contribution in [0.3, 0.4) is 0 Å². The third-order valence-electron chi connectivity index (χ3n) is 5.55. The maximum Gasteiger partial charge on any atom is 0.257 e. The summed E-state index contributed by atoms with van der Waals surface area (Å²) in [5.41, 5.74) is 1.95. The van der Waals surface area contributed by atoms with Gasteiger partial charge in [-0.1, -0.05) is 36.8 Å². The van der Waals surface area contributed by atoms with Gasteiger partial charge in [-0.05, 0) is 38.0 Å². The molecule has 9 heteroatoms. The molecule has 7 nitrogen and oxygen atoms in total. The SMILES string of the molecule is COc1ccc(C(=O)Nc2nc(-c3ccccc3)cs2)cc1S(=O)(=O)N1CCCCC1C. The topological polar surface area (TPSA) is 88.6 Å². The van der Waals surface area contributed by atoms with Gasteiger partial charge in [0.25, 0.3) is 5.91 Å². The van der Waals surface area contributed by atoms with Gasteiger partial charge in [-0.2, -0.15) is 4.31 Å². The molecule has 1 aromatic heterocycles.